The van der Waals surface area contributed by atoms with E-state index < -0.39 is 18.2 Å². The summed E-state index contributed by atoms with van der Waals surface area (Å²) >= 11 is 0. The molecule has 1 aliphatic rings. The van der Waals surface area contributed by atoms with Gasteiger partial charge in [-0.15, -0.1) is 0 Å². The summed E-state index contributed by atoms with van der Waals surface area (Å²) in [5.41, 5.74) is 1.90. The number of ether oxygens (including phenoxy) is 1. The molecule has 0 aromatic heterocycles. The quantitative estimate of drug-likeness (QED) is 0.813. The van der Waals surface area contributed by atoms with E-state index in [2.05, 4.69) is 0 Å². The summed E-state index contributed by atoms with van der Waals surface area (Å²) in [6.45, 7) is 2.43. The van der Waals surface area contributed by atoms with Crippen LogP contribution < -0.4 is 0 Å². The summed E-state index contributed by atoms with van der Waals surface area (Å²) in [5, 5.41) is 10.4. The van der Waals surface area contributed by atoms with Gasteiger partial charge in [-0.2, -0.15) is 0 Å². The molecule has 6 heteroatoms. The van der Waals surface area contributed by atoms with Crippen molar-refractivity contribution in [3.05, 3.63) is 71.8 Å². The standard InChI is InChI=1S/C23H28N2O4/c1-3-19(18-12-8-5-9-13-18)24(2)22(27)21-20(26)14-15-25(21)23(28)29-16-17-10-6-4-7-11-17/h4-13,19-21,26H,3,14-16H2,1-2H3/t19?,20?,21-/m0/s1. The number of rotatable bonds is 6. The number of likely N-dealkylation sites (N-methyl/N-ethyl adjacent to an activating group) is 1. The van der Waals surface area contributed by atoms with Gasteiger partial charge in [-0.05, 0) is 24.0 Å². The van der Waals surface area contributed by atoms with E-state index in [4.69, 9.17) is 4.74 Å². The molecule has 2 unspecified atom stereocenters. The SMILES string of the molecule is CCC(c1ccccc1)N(C)C(=O)[C@@H]1C(O)CCN1C(=O)OCc1ccccc1. The molecule has 6 nitrogen and oxygen atoms in total. The van der Waals surface area contributed by atoms with Gasteiger partial charge >= 0.3 is 6.09 Å². The van der Waals surface area contributed by atoms with Crippen LogP contribution in [-0.4, -0.2) is 52.6 Å². The van der Waals surface area contributed by atoms with Gasteiger partial charge in [0.25, 0.3) is 0 Å². The molecule has 3 atom stereocenters. The Labute approximate surface area is 171 Å². The van der Waals surface area contributed by atoms with Crippen LogP contribution in [0.4, 0.5) is 4.79 Å². The van der Waals surface area contributed by atoms with Gasteiger partial charge in [0.1, 0.15) is 12.6 Å². The second kappa shape index (κ2) is 9.56. The summed E-state index contributed by atoms with van der Waals surface area (Å²) in [6.07, 6.45) is -0.396. The predicted molar refractivity (Wildman–Crippen MR) is 110 cm³/mol. The Hall–Kier alpha value is -2.86. The zero-order chi connectivity index (χ0) is 20.8. The van der Waals surface area contributed by atoms with E-state index >= 15 is 0 Å². The van der Waals surface area contributed by atoms with Crippen molar-refractivity contribution in [2.24, 2.45) is 0 Å². The molecule has 0 saturated carbocycles. The van der Waals surface area contributed by atoms with Gasteiger partial charge in [-0.1, -0.05) is 67.6 Å². The number of aliphatic hydroxyl groups is 1. The fourth-order valence-electron chi connectivity index (χ4n) is 3.85. The molecular weight excluding hydrogens is 368 g/mol. The van der Waals surface area contributed by atoms with E-state index in [-0.39, 0.29) is 18.6 Å². The first-order chi connectivity index (χ1) is 14.0. The normalized spacial score (nSPS) is 19.6. The monoisotopic (exact) mass is 396 g/mol. The van der Waals surface area contributed by atoms with E-state index in [0.29, 0.717) is 13.0 Å². The molecule has 154 valence electrons. The summed E-state index contributed by atoms with van der Waals surface area (Å²) in [7, 11) is 1.72. The number of hydrogen-bond acceptors (Lipinski definition) is 4. The molecule has 1 aliphatic heterocycles. The molecule has 1 saturated heterocycles. The summed E-state index contributed by atoms with van der Waals surface area (Å²) in [6, 6.07) is 18.1. The second-order valence-electron chi connectivity index (χ2n) is 7.32. The lowest BCUT2D eigenvalue weighted by Gasteiger charge is -2.33. The minimum Gasteiger partial charge on any atom is -0.445 e. The molecule has 0 spiro atoms. The van der Waals surface area contributed by atoms with Crippen molar-refractivity contribution in [1.29, 1.82) is 0 Å². The van der Waals surface area contributed by atoms with Crippen molar-refractivity contribution >= 4 is 12.0 Å². The third-order valence-electron chi connectivity index (χ3n) is 5.44. The number of nitrogens with zero attached hydrogens (tertiary/aromatic N) is 2. The van der Waals surface area contributed by atoms with E-state index in [1.807, 2.05) is 67.6 Å². The number of aliphatic hydroxyl groups excluding tert-OH is 1. The first-order valence-corrected chi connectivity index (χ1v) is 10.00. The van der Waals surface area contributed by atoms with Crippen LogP contribution in [0.5, 0.6) is 0 Å². The first kappa shape index (κ1) is 20.9. The number of carbonyl (C=O) groups excluding carboxylic acids is 2. The van der Waals surface area contributed by atoms with Crippen LogP contribution in [-0.2, 0) is 16.1 Å². The smallest absolute Gasteiger partial charge is 0.410 e. The predicted octanol–water partition coefficient (Wildman–Crippen LogP) is 3.37. The number of carbonyl (C=O) groups is 2. The molecule has 0 radical (unpaired) electrons. The maximum Gasteiger partial charge on any atom is 0.410 e. The Bertz CT molecular complexity index is 812. The molecule has 2 amide bonds. The molecule has 0 aliphatic carbocycles. The van der Waals surface area contributed by atoms with Gasteiger partial charge in [0.05, 0.1) is 12.1 Å². The fraction of sp³-hybridized carbons (Fsp3) is 0.391. The van der Waals surface area contributed by atoms with Crippen LogP contribution in [0, 0.1) is 0 Å². The Morgan fingerprint density at radius 1 is 1.14 bits per heavy atom. The molecule has 3 rings (SSSR count). The minimum atomic E-state index is -0.930. The van der Waals surface area contributed by atoms with Gasteiger partial charge in [0, 0.05) is 13.6 Å². The molecule has 1 fully saturated rings. The highest BCUT2D eigenvalue weighted by Gasteiger charge is 2.44. The molecule has 1 heterocycles. The van der Waals surface area contributed by atoms with Gasteiger partial charge < -0.3 is 14.7 Å². The summed E-state index contributed by atoms with van der Waals surface area (Å²) < 4.78 is 5.40. The average Bonchev–Trinajstić information content (AvgIpc) is 3.15. The number of amides is 2. The van der Waals surface area contributed by atoms with Gasteiger partial charge in [-0.3, -0.25) is 9.69 Å². The Morgan fingerprint density at radius 3 is 2.38 bits per heavy atom. The first-order valence-electron chi connectivity index (χ1n) is 10.00. The Balaban J connectivity index is 1.70. The van der Waals surface area contributed by atoms with E-state index in [1.165, 1.54) is 4.90 Å². The average molecular weight is 396 g/mol. The third kappa shape index (κ3) is 4.77. The minimum absolute atomic E-state index is 0.126. The summed E-state index contributed by atoms with van der Waals surface area (Å²) in [4.78, 5) is 28.9. The van der Waals surface area contributed by atoms with E-state index in [1.54, 1.807) is 11.9 Å². The molecule has 29 heavy (non-hydrogen) atoms. The highest BCUT2D eigenvalue weighted by molar-refractivity contribution is 5.87. The van der Waals surface area contributed by atoms with Crippen molar-refractivity contribution in [2.45, 2.75) is 44.6 Å². The Morgan fingerprint density at radius 2 is 1.76 bits per heavy atom. The Kier molecular flexibility index (Phi) is 6.88. The van der Waals surface area contributed by atoms with Crippen LogP contribution in [0.15, 0.2) is 60.7 Å². The van der Waals surface area contributed by atoms with Crippen molar-refractivity contribution in [3.63, 3.8) is 0 Å². The lowest BCUT2D eigenvalue weighted by atomic mass is 10.0. The number of hydrogen-bond donors (Lipinski definition) is 1. The fourth-order valence-corrected chi connectivity index (χ4v) is 3.85. The number of likely N-dealkylation sites (tertiary alicyclic amines) is 1. The van der Waals surface area contributed by atoms with Crippen molar-refractivity contribution in [3.8, 4) is 0 Å². The maximum atomic E-state index is 13.2. The highest BCUT2D eigenvalue weighted by Crippen LogP contribution is 2.27. The lowest BCUT2D eigenvalue weighted by Crippen LogP contribution is -2.51. The molecule has 1 N–H and O–H groups in total. The highest BCUT2D eigenvalue weighted by atomic mass is 16.6. The molecular formula is C23H28N2O4. The lowest BCUT2D eigenvalue weighted by molar-refractivity contribution is -0.139. The van der Waals surface area contributed by atoms with Crippen LogP contribution in [0.25, 0.3) is 0 Å². The molecule has 2 aromatic carbocycles. The van der Waals surface area contributed by atoms with Crippen molar-refractivity contribution in [1.82, 2.24) is 9.80 Å². The van der Waals surface area contributed by atoms with E-state index in [9.17, 15) is 14.7 Å². The van der Waals surface area contributed by atoms with Crippen molar-refractivity contribution < 1.29 is 19.4 Å². The van der Waals surface area contributed by atoms with Crippen LogP contribution in [0.2, 0.25) is 0 Å². The topological polar surface area (TPSA) is 70.1 Å². The largest absolute Gasteiger partial charge is 0.445 e. The molecule has 0 bridgehead atoms. The van der Waals surface area contributed by atoms with Crippen LogP contribution in [0.3, 0.4) is 0 Å². The third-order valence-corrected chi connectivity index (χ3v) is 5.44. The molecule has 2 aromatic rings. The van der Waals surface area contributed by atoms with Gasteiger partial charge in [0.2, 0.25) is 5.91 Å². The number of benzene rings is 2. The zero-order valence-electron chi connectivity index (χ0n) is 16.9. The van der Waals surface area contributed by atoms with E-state index in [0.717, 1.165) is 17.5 Å². The maximum absolute atomic E-state index is 13.2. The van der Waals surface area contributed by atoms with Crippen LogP contribution >= 0.6 is 0 Å². The van der Waals surface area contributed by atoms with Crippen molar-refractivity contribution in [2.75, 3.05) is 13.6 Å². The van der Waals surface area contributed by atoms with Crippen LogP contribution in [0.1, 0.15) is 36.9 Å². The van der Waals surface area contributed by atoms with Gasteiger partial charge in [0.15, 0.2) is 0 Å². The summed E-state index contributed by atoms with van der Waals surface area (Å²) in [5.74, 6) is -0.276. The second-order valence-corrected chi connectivity index (χ2v) is 7.32. The zero-order valence-corrected chi connectivity index (χ0v) is 16.9. The van der Waals surface area contributed by atoms with Gasteiger partial charge in [-0.25, -0.2) is 4.79 Å².